The third kappa shape index (κ3) is 5.11. The number of benzene rings is 1. The molecule has 1 atom stereocenters. The number of hydrogen-bond donors (Lipinski definition) is 0. The minimum Gasteiger partial charge on any atom is -0.497 e. The molecule has 2 rings (SSSR count). The molecule has 1 aromatic rings. The summed E-state index contributed by atoms with van der Waals surface area (Å²) in [5.41, 5.74) is 1.04. The van der Waals surface area contributed by atoms with Crippen molar-refractivity contribution >= 4 is 5.97 Å². The van der Waals surface area contributed by atoms with Crippen molar-refractivity contribution in [1.82, 2.24) is 0 Å². The summed E-state index contributed by atoms with van der Waals surface area (Å²) in [5, 5.41) is 0. The van der Waals surface area contributed by atoms with Crippen molar-refractivity contribution in [2.75, 3.05) is 26.9 Å². The van der Waals surface area contributed by atoms with Crippen LogP contribution in [0, 0.1) is 0 Å². The average molecular weight is 292 g/mol. The van der Waals surface area contributed by atoms with Gasteiger partial charge >= 0.3 is 5.97 Å². The molecule has 1 aliphatic rings. The predicted octanol–water partition coefficient (Wildman–Crippen LogP) is 2.13. The highest BCUT2D eigenvalue weighted by Gasteiger charge is 2.24. The predicted molar refractivity (Wildman–Crippen MR) is 77.7 cm³/mol. The van der Waals surface area contributed by atoms with Gasteiger partial charge in [0.2, 0.25) is 0 Å². The van der Waals surface area contributed by atoms with Gasteiger partial charge in [-0.25, -0.2) is 4.79 Å². The highest BCUT2D eigenvalue weighted by atomic mass is 16.6. The van der Waals surface area contributed by atoms with Crippen LogP contribution in [0.2, 0.25) is 0 Å². The molecule has 0 aliphatic carbocycles. The maximum absolute atomic E-state index is 11.2. The van der Waals surface area contributed by atoms with E-state index in [0.717, 1.165) is 30.1 Å². The van der Waals surface area contributed by atoms with Crippen molar-refractivity contribution in [2.45, 2.75) is 19.4 Å². The number of hydrogen-bond acceptors (Lipinski definition) is 5. The Morgan fingerprint density at radius 1 is 1.48 bits per heavy atom. The van der Waals surface area contributed by atoms with Crippen LogP contribution in [0.25, 0.3) is 0 Å². The van der Waals surface area contributed by atoms with E-state index in [9.17, 15) is 4.79 Å². The van der Waals surface area contributed by atoms with Crippen LogP contribution in [-0.4, -0.2) is 39.0 Å². The van der Waals surface area contributed by atoms with E-state index in [1.54, 1.807) is 20.1 Å². The Hall–Kier alpha value is -2.01. The van der Waals surface area contributed by atoms with Gasteiger partial charge in [-0.3, -0.25) is 0 Å². The number of carbonyl (C=O) groups excluding carboxylic acids is 1. The van der Waals surface area contributed by atoms with Crippen LogP contribution in [0.5, 0.6) is 11.5 Å². The lowest BCUT2D eigenvalue weighted by Gasteiger charge is -2.11. The number of carbonyl (C=O) groups is 1. The Morgan fingerprint density at radius 3 is 2.95 bits per heavy atom. The van der Waals surface area contributed by atoms with E-state index in [0.29, 0.717) is 13.2 Å². The van der Waals surface area contributed by atoms with Gasteiger partial charge in [0.15, 0.2) is 0 Å². The Labute approximate surface area is 124 Å². The fourth-order valence-electron chi connectivity index (χ4n) is 1.89. The van der Waals surface area contributed by atoms with Gasteiger partial charge in [0.25, 0.3) is 0 Å². The highest BCUT2D eigenvalue weighted by molar-refractivity contribution is 5.81. The lowest BCUT2D eigenvalue weighted by Crippen LogP contribution is -2.03. The topological polar surface area (TPSA) is 57.3 Å². The molecule has 5 heteroatoms. The first kappa shape index (κ1) is 15.4. The number of ether oxygens (including phenoxy) is 4. The van der Waals surface area contributed by atoms with E-state index in [1.807, 2.05) is 18.2 Å². The molecule has 0 aromatic heterocycles. The molecule has 0 N–H and O–H groups in total. The van der Waals surface area contributed by atoms with Gasteiger partial charge in [-0.05, 0) is 31.2 Å². The van der Waals surface area contributed by atoms with Gasteiger partial charge in [0, 0.05) is 18.1 Å². The lowest BCUT2D eigenvalue weighted by molar-refractivity contribution is -0.137. The molecule has 0 saturated carbocycles. The zero-order valence-corrected chi connectivity index (χ0v) is 12.3. The average Bonchev–Trinajstić information content (AvgIpc) is 3.29. The SMILES string of the molecule is CCOC(=O)C=CCOc1ccc(OC)cc1CC1CO1. The van der Waals surface area contributed by atoms with E-state index in [4.69, 9.17) is 18.9 Å². The first-order valence-electron chi connectivity index (χ1n) is 6.97. The Balaban J connectivity index is 1.93. The second-order valence-corrected chi connectivity index (χ2v) is 4.60. The van der Waals surface area contributed by atoms with E-state index in [1.165, 1.54) is 6.08 Å². The molecule has 21 heavy (non-hydrogen) atoms. The Bertz CT molecular complexity index is 505. The van der Waals surface area contributed by atoms with Crippen LogP contribution >= 0.6 is 0 Å². The van der Waals surface area contributed by atoms with E-state index >= 15 is 0 Å². The lowest BCUT2D eigenvalue weighted by atomic mass is 10.1. The van der Waals surface area contributed by atoms with E-state index < -0.39 is 0 Å². The summed E-state index contributed by atoms with van der Waals surface area (Å²) < 4.78 is 21.0. The molecule has 1 aromatic carbocycles. The maximum atomic E-state index is 11.2. The number of epoxide rings is 1. The number of rotatable bonds is 8. The quantitative estimate of drug-likeness (QED) is 0.417. The fourth-order valence-corrected chi connectivity index (χ4v) is 1.89. The summed E-state index contributed by atoms with van der Waals surface area (Å²) in [6.45, 7) is 3.24. The van der Waals surface area contributed by atoms with Crippen LogP contribution in [0.15, 0.2) is 30.4 Å². The smallest absolute Gasteiger partial charge is 0.330 e. The molecule has 0 amide bonds. The van der Waals surface area contributed by atoms with Crippen molar-refractivity contribution in [3.63, 3.8) is 0 Å². The minimum atomic E-state index is -0.359. The molecule has 1 unspecified atom stereocenters. The van der Waals surface area contributed by atoms with E-state index in [-0.39, 0.29) is 12.1 Å². The molecule has 0 radical (unpaired) electrons. The minimum absolute atomic E-state index is 0.273. The number of methoxy groups -OCH3 is 1. The van der Waals surface area contributed by atoms with Gasteiger partial charge in [-0.15, -0.1) is 0 Å². The normalized spacial score (nSPS) is 16.8. The molecule has 1 aliphatic heterocycles. The molecule has 114 valence electrons. The third-order valence-corrected chi connectivity index (χ3v) is 2.99. The molecule has 0 bridgehead atoms. The largest absolute Gasteiger partial charge is 0.497 e. The highest BCUT2D eigenvalue weighted by Crippen LogP contribution is 2.28. The van der Waals surface area contributed by atoms with Crippen molar-refractivity contribution in [3.05, 3.63) is 35.9 Å². The Morgan fingerprint density at radius 2 is 2.29 bits per heavy atom. The summed E-state index contributed by atoms with van der Waals surface area (Å²) in [4.78, 5) is 11.2. The standard InChI is InChI=1S/C16H20O5/c1-3-19-16(17)5-4-8-20-15-7-6-13(18-2)9-12(15)10-14-11-21-14/h4-7,9,14H,3,8,10-11H2,1-2H3. The molecule has 1 saturated heterocycles. The maximum Gasteiger partial charge on any atom is 0.330 e. The van der Waals surface area contributed by atoms with Crippen LogP contribution in [0.3, 0.4) is 0 Å². The van der Waals surface area contributed by atoms with Gasteiger partial charge in [-0.1, -0.05) is 0 Å². The van der Waals surface area contributed by atoms with Crippen LogP contribution in [0.1, 0.15) is 12.5 Å². The first-order chi connectivity index (χ1) is 10.2. The zero-order valence-electron chi connectivity index (χ0n) is 12.3. The molecule has 0 spiro atoms. The summed E-state index contributed by atoms with van der Waals surface area (Å²) in [6, 6.07) is 5.67. The van der Waals surface area contributed by atoms with Crippen LogP contribution in [0.4, 0.5) is 0 Å². The zero-order chi connectivity index (χ0) is 15.1. The number of esters is 1. The monoisotopic (exact) mass is 292 g/mol. The van der Waals surface area contributed by atoms with Crippen molar-refractivity contribution < 1.29 is 23.7 Å². The summed E-state index contributed by atoms with van der Waals surface area (Å²) in [5.74, 6) is 1.21. The van der Waals surface area contributed by atoms with Gasteiger partial charge in [-0.2, -0.15) is 0 Å². The van der Waals surface area contributed by atoms with Crippen LogP contribution < -0.4 is 9.47 Å². The van der Waals surface area contributed by atoms with Crippen molar-refractivity contribution in [2.24, 2.45) is 0 Å². The molecular formula is C16H20O5. The molecule has 1 heterocycles. The summed E-state index contributed by atoms with van der Waals surface area (Å²) in [6.07, 6.45) is 4.08. The van der Waals surface area contributed by atoms with E-state index in [2.05, 4.69) is 0 Å². The fraction of sp³-hybridized carbons (Fsp3) is 0.438. The summed E-state index contributed by atoms with van der Waals surface area (Å²) >= 11 is 0. The van der Waals surface area contributed by atoms with Crippen molar-refractivity contribution in [3.8, 4) is 11.5 Å². The third-order valence-electron chi connectivity index (χ3n) is 2.99. The second kappa shape index (κ2) is 7.69. The molecule has 5 nitrogen and oxygen atoms in total. The van der Waals surface area contributed by atoms with Gasteiger partial charge < -0.3 is 18.9 Å². The second-order valence-electron chi connectivity index (χ2n) is 4.60. The Kier molecular flexibility index (Phi) is 5.63. The molecular weight excluding hydrogens is 272 g/mol. The molecule has 1 fully saturated rings. The summed E-state index contributed by atoms with van der Waals surface area (Å²) in [7, 11) is 1.63. The van der Waals surface area contributed by atoms with Crippen molar-refractivity contribution in [1.29, 1.82) is 0 Å². The van der Waals surface area contributed by atoms with Gasteiger partial charge in [0.05, 0.1) is 26.4 Å². The van der Waals surface area contributed by atoms with Gasteiger partial charge in [0.1, 0.15) is 18.1 Å². The van der Waals surface area contributed by atoms with Crippen LogP contribution in [-0.2, 0) is 20.7 Å². The first-order valence-corrected chi connectivity index (χ1v) is 6.97.